The van der Waals surface area contributed by atoms with Crippen LogP contribution in [0.5, 0.6) is 5.75 Å². The fourth-order valence-corrected chi connectivity index (χ4v) is 4.10. The summed E-state index contributed by atoms with van der Waals surface area (Å²) in [5.41, 5.74) is 1.61. The summed E-state index contributed by atoms with van der Waals surface area (Å²) in [5.74, 6) is 0.878. The Kier molecular flexibility index (Phi) is 5.46. The summed E-state index contributed by atoms with van der Waals surface area (Å²) in [6.07, 6.45) is 0.692. The third-order valence-corrected chi connectivity index (χ3v) is 5.57. The van der Waals surface area contributed by atoms with Gasteiger partial charge in [-0.1, -0.05) is 24.3 Å². The van der Waals surface area contributed by atoms with Crippen molar-refractivity contribution in [3.8, 4) is 5.75 Å². The zero-order valence-electron chi connectivity index (χ0n) is 15.2. The molecule has 142 valence electrons. The van der Waals surface area contributed by atoms with E-state index in [9.17, 15) is 13.2 Å². The minimum atomic E-state index is -3.69. The van der Waals surface area contributed by atoms with Crippen LogP contribution in [0.1, 0.15) is 11.1 Å². The highest BCUT2D eigenvalue weighted by atomic mass is 32.2. The molecule has 0 aliphatic carbocycles. The molecule has 0 saturated carbocycles. The topological polar surface area (TPSA) is 88.1 Å². The molecular formula is C19H21N3O4S. The summed E-state index contributed by atoms with van der Waals surface area (Å²) in [5, 5.41) is 2.84. The van der Waals surface area contributed by atoms with Crippen LogP contribution in [-0.2, 0) is 21.2 Å². The molecule has 1 heterocycles. The van der Waals surface area contributed by atoms with Gasteiger partial charge in [-0.2, -0.15) is 8.42 Å². The van der Waals surface area contributed by atoms with Crippen LogP contribution in [0, 0.1) is 0 Å². The lowest BCUT2D eigenvalue weighted by Gasteiger charge is -2.18. The number of sulfonamides is 1. The van der Waals surface area contributed by atoms with Crippen molar-refractivity contribution in [3.05, 3.63) is 59.7 Å². The Morgan fingerprint density at radius 2 is 1.85 bits per heavy atom. The summed E-state index contributed by atoms with van der Waals surface area (Å²) in [4.78, 5) is 13.9. The summed E-state index contributed by atoms with van der Waals surface area (Å²) < 4.78 is 33.1. The maximum Gasteiger partial charge on any atom is 0.285 e. The van der Waals surface area contributed by atoms with Crippen molar-refractivity contribution in [3.63, 3.8) is 0 Å². The van der Waals surface area contributed by atoms with Gasteiger partial charge in [0, 0.05) is 19.2 Å². The number of carbonyl (C=O) groups is 1. The normalized spacial score (nSPS) is 14.2. The van der Waals surface area contributed by atoms with Crippen molar-refractivity contribution in [1.29, 1.82) is 0 Å². The number of amidine groups is 1. The van der Waals surface area contributed by atoms with Crippen LogP contribution in [0.3, 0.4) is 0 Å². The molecule has 0 bridgehead atoms. The Hall–Kier alpha value is -2.87. The molecule has 8 heteroatoms. The smallest absolute Gasteiger partial charge is 0.285 e. The molecule has 0 radical (unpaired) electrons. The third-order valence-electron chi connectivity index (χ3n) is 4.25. The summed E-state index contributed by atoms with van der Waals surface area (Å²) in [7, 11) is -0.423. The molecule has 0 spiro atoms. The van der Waals surface area contributed by atoms with E-state index in [1.807, 2.05) is 24.3 Å². The Labute approximate surface area is 158 Å². The molecule has 0 saturated heterocycles. The molecule has 0 fully saturated rings. The molecule has 27 heavy (non-hydrogen) atoms. The Morgan fingerprint density at radius 3 is 2.56 bits per heavy atom. The minimum Gasteiger partial charge on any atom is -0.497 e. The molecule has 0 unspecified atom stereocenters. The first-order chi connectivity index (χ1) is 12.9. The van der Waals surface area contributed by atoms with E-state index in [1.165, 1.54) is 6.07 Å². The summed E-state index contributed by atoms with van der Waals surface area (Å²) in [6, 6.07) is 14.3. The van der Waals surface area contributed by atoms with Gasteiger partial charge in [0.2, 0.25) is 5.91 Å². The van der Waals surface area contributed by atoms with E-state index in [2.05, 4.69) is 9.71 Å². The Bertz CT molecular complexity index is 969. The molecule has 7 nitrogen and oxygen atoms in total. The van der Waals surface area contributed by atoms with Crippen LogP contribution < -0.4 is 10.1 Å². The van der Waals surface area contributed by atoms with Crippen LogP contribution in [0.25, 0.3) is 0 Å². The molecule has 1 aliphatic rings. The van der Waals surface area contributed by atoms with E-state index in [0.717, 1.165) is 11.3 Å². The number of likely N-dealkylation sites (N-methyl/N-ethyl adjacent to an activating group) is 1. The second-order valence-corrected chi connectivity index (χ2v) is 7.76. The van der Waals surface area contributed by atoms with Crippen molar-refractivity contribution >= 4 is 21.8 Å². The van der Waals surface area contributed by atoms with Crippen LogP contribution in [0.4, 0.5) is 0 Å². The molecule has 2 aromatic carbocycles. The van der Waals surface area contributed by atoms with E-state index in [-0.39, 0.29) is 23.2 Å². The number of amides is 1. The summed E-state index contributed by atoms with van der Waals surface area (Å²) in [6.45, 7) is 0.506. The van der Waals surface area contributed by atoms with E-state index < -0.39 is 10.0 Å². The van der Waals surface area contributed by atoms with Crippen LogP contribution in [0.15, 0.2) is 57.8 Å². The van der Waals surface area contributed by atoms with E-state index in [4.69, 9.17) is 4.74 Å². The molecule has 3 rings (SSSR count). The maximum atomic E-state index is 12.2. The number of carbonyl (C=O) groups excluding carboxylic acids is 1. The van der Waals surface area contributed by atoms with Gasteiger partial charge in [-0.15, -0.1) is 4.40 Å². The minimum absolute atomic E-state index is 0.0191. The molecule has 0 aromatic heterocycles. The molecule has 1 amide bonds. The number of hydrogen-bond acceptors (Lipinski definition) is 5. The van der Waals surface area contributed by atoms with Gasteiger partial charge in [-0.25, -0.2) is 0 Å². The molecule has 2 aromatic rings. The number of hydrogen-bond donors (Lipinski definition) is 1. The fraction of sp³-hybridized carbons (Fsp3) is 0.263. The van der Waals surface area contributed by atoms with Gasteiger partial charge in [0.25, 0.3) is 10.0 Å². The second kappa shape index (κ2) is 7.79. The number of rotatable bonds is 6. The average molecular weight is 387 g/mol. The third kappa shape index (κ3) is 4.28. The highest BCUT2D eigenvalue weighted by Crippen LogP contribution is 2.26. The zero-order chi connectivity index (χ0) is 19.4. The SMILES string of the molecule is COc1ccc(CCNC(=O)CN(C)C2=NS(=O)(=O)c3ccccc32)cc1. The van der Waals surface area contributed by atoms with Crippen molar-refractivity contribution in [2.75, 3.05) is 27.2 Å². The second-order valence-electron chi connectivity index (χ2n) is 6.19. The van der Waals surface area contributed by atoms with Gasteiger partial charge in [0.15, 0.2) is 5.84 Å². The molecule has 1 N–H and O–H groups in total. The lowest BCUT2D eigenvalue weighted by atomic mass is 10.1. The number of ether oxygens (including phenoxy) is 1. The summed E-state index contributed by atoms with van der Waals surface area (Å²) >= 11 is 0. The monoisotopic (exact) mass is 387 g/mol. The Morgan fingerprint density at radius 1 is 1.15 bits per heavy atom. The zero-order valence-corrected chi connectivity index (χ0v) is 16.0. The van der Waals surface area contributed by atoms with Crippen LogP contribution in [0.2, 0.25) is 0 Å². The molecular weight excluding hydrogens is 366 g/mol. The van der Waals surface area contributed by atoms with Crippen LogP contribution >= 0.6 is 0 Å². The van der Waals surface area contributed by atoms with Gasteiger partial charge in [-0.3, -0.25) is 4.79 Å². The number of fused-ring (bicyclic) bond motifs is 1. The van der Waals surface area contributed by atoms with Gasteiger partial charge in [0.1, 0.15) is 10.6 Å². The quantitative estimate of drug-likeness (QED) is 0.810. The highest BCUT2D eigenvalue weighted by molar-refractivity contribution is 7.90. The van der Waals surface area contributed by atoms with Gasteiger partial charge < -0.3 is 15.0 Å². The van der Waals surface area contributed by atoms with Gasteiger partial charge in [0.05, 0.1) is 13.7 Å². The number of benzene rings is 2. The van der Waals surface area contributed by atoms with Crippen molar-refractivity contribution < 1.29 is 17.9 Å². The van der Waals surface area contributed by atoms with E-state index in [0.29, 0.717) is 18.5 Å². The predicted octanol–water partition coefficient (Wildman–Crippen LogP) is 1.43. The first-order valence-corrected chi connectivity index (χ1v) is 9.90. The largest absolute Gasteiger partial charge is 0.497 e. The first-order valence-electron chi connectivity index (χ1n) is 8.46. The van der Waals surface area contributed by atoms with E-state index >= 15 is 0 Å². The lowest BCUT2D eigenvalue weighted by molar-refractivity contribution is -0.121. The number of methoxy groups -OCH3 is 1. The molecule has 0 atom stereocenters. The number of nitrogens with zero attached hydrogens (tertiary/aromatic N) is 2. The van der Waals surface area contributed by atoms with Crippen molar-refractivity contribution in [2.45, 2.75) is 11.3 Å². The van der Waals surface area contributed by atoms with Crippen molar-refractivity contribution in [2.24, 2.45) is 4.40 Å². The first kappa shape index (κ1) is 18.9. The van der Waals surface area contributed by atoms with Crippen LogP contribution in [-0.4, -0.2) is 52.3 Å². The standard InChI is InChI=1S/C19H21N3O4S/c1-22(19-16-5-3-4-6-17(16)27(24,25)21-19)13-18(23)20-12-11-14-7-9-15(26-2)10-8-14/h3-10H,11-13H2,1-2H3,(H,20,23). The van der Waals surface area contributed by atoms with Crippen molar-refractivity contribution in [1.82, 2.24) is 10.2 Å². The van der Waals surface area contributed by atoms with E-state index in [1.54, 1.807) is 37.3 Å². The lowest BCUT2D eigenvalue weighted by Crippen LogP contribution is -2.39. The number of nitrogens with one attached hydrogen (secondary N) is 1. The maximum absolute atomic E-state index is 12.2. The predicted molar refractivity (Wildman–Crippen MR) is 103 cm³/mol. The van der Waals surface area contributed by atoms with Gasteiger partial charge >= 0.3 is 0 Å². The fourth-order valence-electron chi connectivity index (χ4n) is 2.85. The van der Waals surface area contributed by atoms with Gasteiger partial charge in [-0.05, 0) is 36.2 Å². The molecule has 1 aliphatic heterocycles. The highest BCUT2D eigenvalue weighted by Gasteiger charge is 2.30. The Balaban J connectivity index is 1.55. The average Bonchev–Trinajstić information content (AvgIpc) is 2.94.